The molecular weight excluding hydrogens is 1190 g/mol. The van der Waals surface area contributed by atoms with Crippen LogP contribution in [0.3, 0.4) is 0 Å². The van der Waals surface area contributed by atoms with Crippen LogP contribution < -0.4 is 44.7 Å². The highest BCUT2D eigenvalue weighted by atomic mass is 19.3. The van der Waals surface area contributed by atoms with Crippen LogP contribution in [0.1, 0.15) is 0 Å². The molecule has 0 saturated carbocycles. The van der Waals surface area contributed by atoms with Gasteiger partial charge in [-0.15, -0.1) is 8.78 Å². The van der Waals surface area contributed by atoms with Crippen LogP contribution in [0.4, 0.5) is 30.7 Å². The molecule has 0 saturated heterocycles. The Kier molecular flexibility index (Phi) is 15.3. The monoisotopic (exact) mass is 1230 g/mol. The molecule has 2 aliphatic heterocycles. The van der Waals surface area contributed by atoms with Crippen molar-refractivity contribution in [3.05, 3.63) is 244 Å². The number of aromatic nitrogens is 13. The first-order valence-corrected chi connectivity index (χ1v) is 26.4. The molecule has 0 radical (unpaired) electrons. The molecule has 14 rings (SSSR count). The molecule has 22 nitrogen and oxygen atoms in total. The number of fused-ring (bicyclic) bond motifs is 2. The van der Waals surface area contributed by atoms with Crippen molar-refractivity contribution in [2.75, 3.05) is 14.2 Å². The number of hydrogen-bond donors (Lipinski definition) is 0. The Balaban J connectivity index is 0.000000132. The van der Waals surface area contributed by atoms with Crippen LogP contribution in [-0.4, -0.2) is 96.4 Å². The van der Waals surface area contributed by atoms with E-state index in [4.69, 9.17) is 9.47 Å². The summed E-state index contributed by atoms with van der Waals surface area (Å²) in [6.45, 7) is 0. The van der Waals surface area contributed by atoms with Crippen molar-refractivity contribution in [1.29, 1.82) is 0 Å². The predicted octanol–water partition coefficient (Wildman–Crippen LogP) is 10.1. The molecule has 0 N–H and O–H groups in total. The second-order valence-corrected chi connectivity index (χ2v) is 19.0. The van der Waals surface area contributed by atoms with Crippen LogP contribution in [-0.2, 0) is 0 Å². The van der Waals surface area contributed by atoms with Gasteiger partial charge >= 0.3 is 18.5 Å². The molecule has 0 aliphatic carbocycles. The first kappa shape index (κ1) is 58.2. The number of pyridine rings is 1. The lowest BCUT2D eigenvalue weighted by Gasteiger charge is -2.32. The van der Waals surface area contributed by atoms with Crippen molar-refractivity contribution in [1.82, 2.24) is 63.7 Å². The number of rotatable bonds is 11. The number of methoxy groups -OCH3 is 2. The predicted molar refractivity (Wildman–Crippen MR) is 305 cm³/mol. The molecule has 7 aromatic heterocycles. The van der Waals surface area contributed by atoms with Crippen LogP contribution in [0.15, 0.2) is 222 Å². The van der Waals surface area contributed by atoms with Gasteiger partial charge in [-0.2, -0.15) is 48.2 Å². The van der Waals surface area contributed by atoms with E-state index in [2.05, 4.69) is 54.5 Å². The maximum atomic E-state index is 14.9. The molecule has 0 spiro atoms. The molecule has 12 aromatic rings. The molecule has 0 amide bonds. The minimum Gasteiger partial charge on any atom is -0.491 e. The first-order chi connectivity index (χ1) is 43.4. The van der Waals surface area contributed by atoms with E-state index in [9.17, 15) is 45.1 Å². The molecular formula is C61H40F7N13O9. The maximum Gasteiger partial charge on any atom is 0.586 e. The summed E-state index contributed by atoms with van der Waals surface area (Å²) in [4.78, 5) is 42.4. The standard InChI is InChI=1S/C22H13F5N4O4.C20H12F2N4O3.C19H15N5O2/c1-33-18-11-30(15-10-17-16(9-13(15)23)34-21(24,25)22(26,27)35-17)29-19(20(18)32)14-7-8-28-31(14)12-5-3-2-4-6-12;21-20(22)28-17-8-4-7-15(19(17)29-20)25-12-10-16(27)18(24-25)14-9-11-23-26(14)13-5-2-1-3-6-13;1-26-17-13-23(15-8-5-10-20-12-15)22-18(19(17)25)16-9-11-21-24(16)14-6-3-2-4-7-14/h2-11H,1H3;1-12H;2-13H,1H3. The Hall–Kier alpha value is -12.2. The molecule has 0 fully saturated rings. The van der Waals surface area contributed by atoms with Gasteiger partial charge in [0.25, 0.3) is 10.9 Å². The van der Waals surface area contributed by atoms with Crippen LogP contribution in [0.2, 0.25) is 0 Å². The smallest absolute Gasteiger partial charge is 0.491 e. The Labute approximate surface area is 500 Å². The highest BCUT2D eigenvalue weighted by Gasteiger charge is 2.66. The third kappa shape index (κ3) is 11.3. The average molecular weight is 1230 g/mol. The summed E-state index contributed by atoms with van der Waals surface area (Å²) in [6.07, 6.45) is -1.88. The fraction of sp³-hybridized carbons (Fsp3) is 0.0820. The summed E-state index contributed by atoms with van der Waals surface area (Å²) in [5.41, 5.74) is 2.72. The number of para-hydroxylation sites is 4. The normalized spacial score (nSPS) is 13.7. The molecule has 9 heterocycles. The number of nitrogens with zero attached hydrogens (tertiary/aromatic N) is 13. The van der Waals surface area contributed by atoms with E-state index in [0.717, 1.165) is 27.9 Å². The molecule has 2 aliphatic rings. The minimum atomic E-state index is -5.00. The van der Waals surface area contributed by atoms with Crippen molar-refractivity contribution in [2.45, 2.75) is 18.5 Å². The van der Waals surface area contributed by atoms with Crippen molar-refractivity contribution in [3.63, 3.8) is 0 Å². The van der Waals surface area contributed by atoms with Crippen LogP contribution in [0.5, 0.6) is 34.5 Å². The van der Waals surface area contributed by atoms with E-state index >= 15 is 0 Å². The number of benzene rings is 5. The van der Waals surface area contributed by atoms with Gasteiger partial charge in [-0.05, 0) is 78.9 Å². The summed E-state index contributed by atoms with van der Waals surface area (Å²) in [5.74, 6) is -3.29. The van der Waals surface area contributed by atoms with Gasteiger partial charge in [-0.3, -0.25) is 19.4 Å². The number of ether oxygens (including phenoxy) is 6. The first-order valence-electron chi connectivity index (χ1n) is 26.4. The molecule has 5 aromatic carbocycles. The van der Waals surface area contributed by atoms with Gasteiger partial charge in [0.1, 0.15) is 11.4 Å². The van der Waals surface area contributed by atoms with E-state index in [0.29, 0.717) is 29.2 Å². The van der Waals surface area contributed by atoms with Gasteiger partial charge in [0, 0.05) is 30.6 Å². The topological polar surface area (TPSA) is 226 Å². The minimum absolute atomic E-state index is 0.108. The third-order valence-corrected chi connectivity index (χ3v) is 13.3. The van der Waals surface area contributed by atoms with Crippen molar-refractivity contribution in [2.24, 2.45) is 0 Å². The zero-order valence-corrected chi connectivity index (χ0v) is 46.3. The van der Waals surface area contributed by atoms with E-state index < -0.39 is 46.9 Å². The molecule has 0 bridgehead atoms. The summed E-state index contributed by atoms with van der Waals surface area (Å²) >= 11 is 0. The second-order valence-electron chi connectivity index (χ2n) is 19.0. The number of alkyl halides is 6. The second kappa shape index (κ2) is 23.6. The van der Waals surface area contributed by atoms with Crippen LogP contribution in [0, 0.1) is 5.82 Å². The van der Waals surface area contributed by atoms with Gasteiger partial charge in [0.05, 0.1) is 91.2 Å². The summed E-state index contributed by atoms with van der Waals surface area (Å²) in [6, 6.07) is 43.0. The number of hydrogen-bond acceptors (Lipinski definition) is 16. The Morgan fingerprint density at radius 1 is 0.444 bits per heavy atom. The van der Waals surface area contributed by atoms with Crippen molar-refractivity contribution in [3.8, 4) is 103 Å². The SMILES string of the molecule is COc1cn(-c2cc3c(cc2F)OC(F)(F)C(F)(F)O3)nc(-c2ccnn2-c2ccccc2)c1=O.COc1cn(-c2cccnc2)nc(-c2ccnn2-c2ccccc2)c1=O.O=c1ccn(-c2cccc3c2OC(F)(F)O3)nc1-c1ccnn1-c1ccccc1. The van der Waals surface area contributed by atoms with Gasteiger partial charge in [0.15, 0.2) is 57.4 Å². The fourth-order valence-electron chi connectivity index (χ4n) is 9.19. The number of halogens is 7. The summed E-state index contributed by atoms with van der Waals surface area (Å²) in [7, 11) is 2.66. The van der Waals surface area contributed by atoms with Gasteiger partial charge < -0.3 is 28.4 Å². The molecule has 0 atom stereocenters. The lowest BCUT2D eigenvalue weighted by Crippen LogP contribution is -2.52. The highest BCUT2D eigenvalue weighted by Crippen LogP contribution is 2.48. The summed E-state index contributed by atoms with van der Waals surface area (Å²) in [5, 5.41) is 25.8. The Morgan fingerprint density at radius 2 is 0.922 bits per heavy atom. The molecule has 452 valence electrons. The van der Waals surface area contributed by atoms with E-state index in [1.165, 1.54) is 60.2 Å². The average Bonchev–Trinajstić information content (AvgIpc) is 1.19. The molecule has 90 heavy (non-hydrogen) atoms. The van der Waals surface area contributed by atoms with E-state index in [1.54, 1.807) is 99.6 Å². The Morgan fingerprint density at radius 3 is 1.43 bits per heavy atom. The van der Waals surface area contributed by atoms with Gasteiger partial charge in [-0.1, -0.05) is 60.7 Å². The lowest BCUT2D eigenvalue weighted by atomic mass is 10.2. The van der Waals surface area contributed by atoms with Crippen molar-refractivity contribution >= 4 is 0 Å². The van der Waals surface area contributed by atoms with Crippen LogP contribution in [0.25, 0.3) is 68.3 Å². The quantitative estimate of drug-likeness (QED) is 0.110. The van der Waals surface area contributed by atoms with Gasteiger partial charge in [-0.25, -0.2) is 32.5 Å². The fourth-order valence-corrected chi connectivity index (χ4v) is 9.19. The highest BCUT2D eigenvalue weighted by molar-refractivity contribution is 5.63. The molecule has 0 unspecified atom stereocenters. The third-order valence-electron chi connectivity index (χ3n) is 13.3. The maximum absolute atomic E-state index is 14.9. The summed E-state index contributed by atoms with van der Waals surface area (Å²) < 4.78 is 132. The van der Waals surface area contributed by atoms with Gasteiger partial charge in [0.2, 0.25) is 5.43 Å². The zero-order chi connectivity index (χ0) is 62.9. The van der Waals surface area contributed by atoms with E-state index in [-0.39, 0.29) is 62.3 Å². The van der Waals surface area contributed by atoms with E-state index in [1.807, 2.05) is 66.7 Å². The Bertz CT molecular complexity index is 4800. The molecule has 29 heteroatoms. The van der Waals surface area contributed by atoms with Crippen molar-refractivity contribution < 1.29 is 59.2 Å². The largest absolute Gasteiger partial charge is 0.586 e. The zero-order valence-electron chi connectivity index (χ0n) is 46.3. The van der Waals surface area contributed by atoms with Crippen LogP contribution >= 0.6 is 0 Å². The lowest BCUT2D eigenvalue weighted by molar-refractivity contribution is -0.391.